The van der Waals surface area contributed by atoms with Gasteiger partial charge in [-0.25, -0.2) is 4.98 Å². The Balaban J connectivity index is 0.000000188. The second kappa shape index (κ2) is 16.2. The number of imidazole rings is 1. The van der Waals surface area contributed by atoms with Crippen LogP contribution in [0.25, 0.3) is 55.7 Å². The first-order chi connectivity index (χ1) is 25.7. The van der Waals surface area contributed by atoms with Crippen molar-refractivity contribution in [3.8, 4) is 22.6 Å². The van der Waals surface area contributed by atoms with Gasteiger partial charge in [-0.1, -0.05) is 95.1 Å². The van der Waals surface area contributed by atoms with Gasteiger partial charge in [-0.2, -0.15) is 0 Å². The van der Waals surface area contributed by atoms with Crippen LogP contribution in [0.2, 0.25) is 19.6 Å². The number of aromatic nitrogens is 5. The van der Waals surface area contributed by atoms with Crippen molar-refractivity contribution in [1.82, 2.24) is 24.5 Å². The van der Waals surface area contributed by atoms with Gasteiger partial charge in [-0.3, -0.25) is 9.97 Å². The van der Waals surface area contributed by atoms with Crippen LogP contribution in [-0.2, 0) is 39.4 Å². The van der Waals surface area contributed by atoms with E-state index >= 15 is 0 Å². The van der Waals surface area contributed by atoms with Crippen LogP contribution in [0.1, 0.15) is 100.0 Å². The predicted octanol–water partition coefficient (Wildman–Crippen LogP) is 11.7. The van der Waals surface area contributed by atoms with Crippen molar-refractivity contribution in [1.29, 1.82) is 0 Å². The van der Waals surface area contributed by atoms with Crippen molar-refractivity contribution >= 4 is 46.4 Å². The van der Waals surface area contributed by atoms with Gasteiger partial charge < -0.3 is 14.0 Å². The Morgan fingerprint density at radius 1 is 0.891 bits per heavy atom. The smallest absolute Gasteiger partial charge is 0.216 e. The topological polar surface area (TPSA) is 69.6 Å². The SMILES string of the molecule is CC(C)Cc1cc(-c2[c-]ccc3c2CCCC3)ncc1[Si](C)(C)C.Cc1ccc2c(n1)oc1c(-c3nc4ccnc(C)c4n3C(C)C)[c-]cc(C(C)C)c12.[Ir]. The molecule has 0 saturated carbocycles. The standard InChI is InChI=1S/C25H25N4O.C22H30NSi.Ir/c1-13(2)17-9-10-19(23-21(17)18-8-7-15(5)27-25(18)30-23)24-28-20-11-12-26-16(6)22(20)29(24)14(3)4;1-16(2)13-18-14-21(23-15-22(18)24(3,4)5)20-12-8-10-17-9-6-7-11-19(17)20;/h7-9,11-14H,1-6H3;8,10,14-16H,6-7,9,11,13H2,1-5H3;/q2*-1;. The van der Waals surface area contributed by atoms with Gasteiger partial charge in [0.05, 0.1) is 36.2 Å². The first kappa shape index (κ1) is 40.7. The second-order valence-corrected chi connectivity index (χ2v) is 22.2. The summed E-state index contributed by atoms with van der Waals surface area (Å²) in [6, 6.07) is 22.1. The first-order valence-electron chi connectivity index (χ1n) is 19.8. The second-order valence-electron chi connectivity index (χ2n) is 17.2. The Bertz CT molecular complexity index is 2490. The zero-order valence-electron chi connectivity index (χ0n) is 34.4. The number of nitrogens with zero attached hydrogens (tertiary/aromatic N) is 5. The van der Waals surface area contributed by atoms with E-state index in [0.717, 1.165) is 62.3 Å². The Labute approximate surface area is 342 Å². The number of hydrogen-bond donors (Lipinski definition) is 0. The Hall–Kier alpha value is -3.97. The third-order valence-corrected chi connectivity index (χ3v) is 12.8. The molecule has 6 nitrogen and oxygen atoms in total. The number of rotatable bonds is 7. The summed E-state index contributed by atoms with van der Waals surface area (Å²) in [6.07, 6.45) is 10.1. The molecule has 0 N–H and O–H groups in total. The fourth-order valence-corrected chi connectivity index (χ4v) is 9.78. The molecule has 0 fully saturated rings. The normalized spacial score (nSPS) is 13.1. The molecule has 0 aliphatic heterocycles. The number of fused-ring (bicyclic) bond motifs is 5. The van der Waals surface area contributed by atoms with Crippen LogP contribution < -0.4 is 5.19 Å². The third-order valence-electron chi connectivity index (χ3n) is 10.7. The van der Waals surface area contributed by atoms with E-state index in [1.54, 1.807) is 0 Å². The van der Waals surface area contributed by atoms with E-state index in [1.807, 2.05) is 32.2 Å². The van der Waals surface area contributed by atoms with E-state index in [9.17, 15) is 0 Å². The quantitative estimate of drug-likeness (QED) is 0.118. The maximum Gasteiger partial charge on any atom is 0.216 e. The zero-order valence-corrected chi connectivity index (χ0v) is 37.8. The molecule has 7 aromatic rings. The van der Waals surface area contributed by atoms with Gasteiger partial charge in [0, 0.05) is 49.6 Å². The van der Waals surface area contributed by atoms with E-state index in [1.165, 1.54) is 58.7 Å². The molecule has 8 rings (SSSR count). The molecule has 1 aliphatic rings. The van der Waals surface area contributed by atoms with Gasteiger partial charge in [0.25, 0.3) is 0 Å². The molecule has 55 heavy (non-hydrogen) atoms. The molecule has 5 heterocycles. The van der Waals surface area contributed by atoms with E-state index < -0.39 is 8.07 Å². The van der Waals surface area contributed by atoms with E-state index in [2.05, 4.69) is 124 Å². The summed E-state index contributed by atoms with van der Waals surface area (Å²) in [7, 11) is -1.37. The van der Waals surface area contributed by atoms with Crippen molar-refractivity contribution in [2.75, 3.05) is 0 Å². The van der Waals surface area contributed by atoms with Crippen LogP contribution in [0, 0.1) is 31.9 Å². The summed E-state index contributed by atoms with van der Waals surface area (Å²) in [5.74, 6) is 1.87. The van der Waals surface area contributed by atoms with E-state index in [4.69, 9.17) is 14.4 Å². The minimum Gasteiger partial charge on any atom is -0.486 e. The van der Waals surface area contributed by atoms with E-state index in [0.29, 0.717) is 17.5 Å². The Kier molecular flexibility index (Phi) is 12.0. The number of benzene rings is 2. The van der Waals surface area contributed by atoms with Crippen molar-refractivity contribution < 1.29 is 24.5 Å². The van der Waals surface area contributed by atoms with Crippen LogP contribution in [0.5, 0.6) is 0 Å². The van der Waals surface area contributed by atoms with Crippen LogP contribution in [0.3, 0.4) is 0 Å². The number of hydrogen-bond acceptors (Lipinski definition) is 5. The fourth-order valence-electron chi connectivity index (χ4n) is 8.19. The van der Waals surface area contributed by atoms with Crippen molar-refractivity contribution in [3.05, 3.63) is 101 Å². The molecule has 1 radical (unpaired) electrons. The molecule has 8 heteroatoms. The Morgan fingerprint density at radius 2 is 1.65 bits per heavy atom. The Morgan fingerprint density at radius 3 is 2.36 bits per heavy atom. The van der Waals surface area contributed by atoms with Gasteiger partial charge in [-0.15, -0.1) is 52.6 Å². The number of pyridine rings is 3. The van der Waals surface area contributed by atoms with Gasteiger partial charge in [0.1, 0.15) is 0 Å². The maximum absolute atomic E-state index is 6.36. The fraction of sp³-hybridized carbons (Fsp3) is 0.404. The van der Waals surface area contributed by atoms with Crippen molar-refractivity contribution in [3.63, 3.8) is 0 Å². The summed E-state index contributed by atoms with van der Waals surface area (Å²) in [6.45, 7) is 24.6. The summed E-state index contributed by atoms with van der Waals surface area (Å²) in [4.78, 5) is 19.0. The van der Waals surface area contributed by atoms with Crippen LogP contribution >= 0.6 is 0 Å². The molecule has 0 saturated heterocycles. The molecule has 2 aromatic carbocycles. The zero-order chi connectivity index (χ0) is 38.5. The molecule has 289 valence electrons. The minimum absolute atomic E-state index is 0. The minimum atomic E-state index is -1.37. The molecule has 0 atom stereocenters. The molecule has 5 aromatic heterocycles. The summed E-state index contributed by atoms with van der Waals surface area (Å²) in [5, 5.41) is 3.67. The molecular weight excluding hydrogens is 871 g/mol. The van der Waals surface area contributed by atoms with Crippen LogP contribution in [0.4, 0.5) is 0 Å². The van der Waals surface area contributed by atoms with Gasteiger partial charge in [-0.05, 0) is 75.5 Å². The van der Waals surface area contributed by atoms with Crippen LogP contribution in [0.15, 0.2) is 59.3 Å². The average molecular weight is 926 g/mol. The summed E-state index contributed by atoms with van der Waals surface area (Å²) < 4.78 is 8.60. The molecule has 0 spiro atoms. The summed E-state index contributed by atoms with van der Waals surface area (Å²) in [5.41, 5.74) is 14.3. The van der Waals surface area contributed by atoms with E-state index in [-0.39, 0.29) is 26.1 Å². The molecule has 0 unspecified atom stereocenters. The maximum atomic E-state index is 6.36. The third kappa shape index (κ3) is 8.01. The van der Waals surface area contributed by atoms with Crippen molar-refractivity contribution in [2.45, 2.75) is 119 Å². The average Bonchev–Trinajstić information content (AvgIpc) is 3.70. The molecular formula is C47H55IrN5OSi-2. The molecule has 0 bridgehead atoms. The molecule has 0 amide bonds. The van der Waals surface area contributed by atoms with Gasteiger partial charge in [0.2, 0.25) is 5.71 Å². The van der Waals surface area contributed by atoms with Gasteiger partial charge in [0.15, 0.2) is 0 Å². The van der Waals surface area contributed by atoms with Gasteiger partial charge >= 0.3 is 0 Å². The summed E-state index contributed by atoms with van der Waals surface area (Å²) >= 11 is 0. The largest absolute Gasteiger partial charge is 0.486 e. The number of aryl methyl sites for hydroxylation is 3. The monoisotopic (exact) mass is 926 g/mol. The first-order valence-corrected chi connectivity index (χ1v) is 23.3. The predicted molar refractivity (Wildman–Crippen MR) is 227 cm³/mol. The van der Waals surface area contributed by atoms with Crippen LogP contribution in [-0.4, -0.2) is 32.6 Å². The number of furan rings is 1. The molecule has 1 aliphatic carbocycles. The van der Waals surface area contributed by atoms with Crippen molar-refractivity contribution in [2.24, 2.45) is 5.92 Å².